The predicted octanol–water partition coefficient (Wildman–Crippen LogP) is 1.78. The lowest BCUT2D eigenvalue weighted by molar-refractivity contribution is 0.0944. The third-order valence-corrected chi connectivity index (χ3v) is 3.62. The smallest absolute Gasteiger partial charge is 0.138 e. The Morgan fingerprint density at radius 3 is 3.11 bits per heavy atom. The van der Waals surface area contributed by atoms with E-state index in [-0.39, 0.29) is 0 Å². The second-order valence-electron chi connectivity index (χ2n) is 5.23. The molecular formula is C14H26N4O. The average Bonchev–Trinajstić information content (AvgIpc) is 3.03. The molecular weight excluding hydrogens is 240 g/mol. The van der Waals surface area contributed by atoms with Crippen LogP contribution in [0.3, 0.4) is 0 Å². The highest BCUT2D eigenvalue weighted by molar-refractivity contribution is 4.91. The molecule has 0 spiro atoms. The maximum absolute atomic E-state index is 5.74. The van der Waals surface area contributed by atoms with E-state index < -0.39 is 0 Å². The Morgan fingerprint density at radius 2 is 2.42 bits per heavy atom. The standard InChI is InChI=1S/C14H26N4O/c1-3-7-18-14(16-11-17-18)10-12(15-4-2)9-13-6-5-8-19-13/h11-13,15H,3-10H2,1-2H3. The number of nitrogens with zero attached hydrogens (tertiary/aromatic N) is 3. The Hall–Kier alpha value is -0.940. The fraction of sp³-hybridized carbons (Fsp3) is 0.857. The van der Waals surface area contributed by atoms with Gasteiger partial charge in [-0.2, -0.15) is 5.10 Å². The fourth-order valence-corrected chi connectivity index (χ4v) is 2.74. The number of rotatable bonds is 8. The van der Waals surface area contributed by atoms with Crippen molar-refractivity contribution in [3.05, 3.63) is 12.2 Å². The number of hydrogen-bond acceptors (Lipinski definition) is 4. The van der Waals surface area contributed by atoms with Gasteiger partial charge >= 0.3 is 0 Å². The number of ether oxygens (including phenoxy) is 1. The first-order valence-corrected chi connectivity index (χ1v) is 7.55. The van der Waals surface area contributed by atoms with Crippen LogP contribution in [0.4, 0.5) is 0 Å². The van der Waals surface area contributed by atoms with Gasteiger partial charge in [-0.25, -0.2) is 4.98 Å². The van der Waals surface area contributed by atoms with Crippen molar-refractivity contribution in [3.8, 4) is 0 Å². The van der Waals surface area contributed by atoms with E-state index in [0.717, 1.165) is 44.8 Å². The Balaban J connectivity index is 1.92. The monoisotopic (exact) mass is 266 g/mol. The molecule has 108 valence electrons. The van der Waals surface area contributed by atoms with E-state index in [4.69, 9.17) is 4.74 Å². The molecule has 0 amide bonds. The quantitative estimate of drug-likeness (QED) is 0.779. The Bertz CT molecular complexity index is 360. The number of hydrogen-bond donors (Lipinski definition) is 1. The van der Waals surface area contributed by atoms with Gasteiger partial charge in [-0.15, -0.1) is 0 Å². The summed E-state index contributed by atoms with van der Waals surface area (Å²) in [7, 11) is 0. The molecule has 2 unspecified atom stereocenters. The molecule has 1 fully saturated rings. The van der Waals surface area contributed by atoms with Gasteiger partial charge < -0.3 is 10.1 Å². The molecule has 2 heterocycles. The topological polar surface area (TPSA) is 52.0 Å². The van der Waals surface area contributed by atoms with E-state index in [2.05, 4.69) is 29.2 Å². The van der Waals surface area contributed by atoms with Crippen LogP contribution in [0.15, 0.2) is 6.33 Å². The summed E-state index contributed by atoms with van der Waals surface area (Å²) in [5.41, 5.74) is 0. The van der Waals surface area contributed by atoms with Crippen LogP contribution in [-0.2, 0) is 17.7 Å². The molecule has 2 atom stereocenters. The lowest BCUT2D eigenvalue weighted by atomic mass is 10.0. The predicted molar refractivity (Wildman–Crippen MR) is 75.1 cm³/mol. The number of likely N-dealkylation sites (N-methyl/N-ethyl adjacent to an activating group) is 1. The minimum atomic E-state index is 0.423. The molecule has 1 saturated heterocycles. The number of nitrogens with one attached hydrogen (secondary N) is 1. The normalized spacial score (nSPS) is 20.8. The van der Waals surface area contributed by atoms with Gasteiger partial charge in [0.2, 0.25) is 0 Å². The van der Waals surface area contributed by atoms with Crippen LogP contribution in [0.1, 0.15) is 45.4 Å². The molecule has 0 radical (unpaired) electrons. The minimum Gasteiger partial charge on any atom is -0.378 e. The van der Waals surface area contributed by atoms with Crippen molar-refractivity contribution in [2.45, 2.75) is 64.6 Å². The fourth-order valence-electron chi connectivity index (χ4n) is 2.74. The summed E-state index contributed by atoms with van der Waals surface area (Å²) in [6.07, 6.45) is 7.60. The van der Waals surface area contributed by atoms with Gasteiger partial charge in [-0.3, -0.25) is 4.68 Å². The molecule has 5 heteroatoms. The molecule has 2 rings (SSSR count). The highest BCUT2D eigenvalue weighted by Crippen LogP contribution is 2.18. The van der Waals surface area contributed by atoms with Crippen molar-refractivity contribution in [2.75, 3.05) is 13.2 Å². The summed E-state index contributed by atoms with van der Waals surface area (Å²) in [6.45, 7) is 7.18. The molecule has 1 aromatic heterocycles. The molecule has 0 aromatic carbocycles. The maximum atomic E-state index is 5.74. The van der Waals surface area contributed by atoms with Crippen LogP contribution >= 0.6 is 0 Å². The lowest BCUT2D eigenvalue weighted by Gasteiger charge is -2.21. The van der Waals surface area contributed by atoms with E-state index >= 15 is 0 Å². The molecule has 19 heavy (non-hydrogen) atoms. The second kappa shape index (κ2) is 7.60. The summed E-state index contributed by atoms with van der Waals surface area (Å²) in [5, 5.41) is 7.85. The third-order valence-electron chi connectivity index (χ3n) is 3.62. The molecule has 0 aliphatic carbocycles. The molecule has 5 nitrogen and oxygen atoms in total. The van der Waals surface area contributed by atoms with Crippen LogP contribution in [0.25, 0.3) is 0 Å². The van der Waals surface area contributed by atoms with Crippen molar-refractivity contribution in [3.63, 3.8) is 0 Å². The summed E-state index contributed by atoms with van der Waals surface area (Å²) in [6, 6.07) is 0.438. The van der Waals surface area contributed by atoms with Crippen molar-refractivity contribution < 1.29 is 4.74 Å². The summed E-state index contributed by atoms with van der Waals surface area (Å²) in [5.74, 6) is 1.09. The number of aryl methyl sites for hydroxylation is 1. The summed E-state index contributed by atoms with van der Waals surface area (Å²) in [4.78, 5) is 4.40. The summed E-state index contributed by atoms with van der Waals surface area (Å²) >= 11 is 0. The van der Waals surface area contributed by atoms with E-state index in [1.807, 2.05) is 4.68 Å². The Kier molecular flexibility index (Phi) is 5.79. The van der Waals surface area contributed by atoms with Crippen molar-refractivity contribution >= 4 is 0 Å². The second-order valence-corrected chi connectivity index (χ2v) is 5.23. The third kappa shape index (κ3) is 4.28. The van der Waals surface area contributed by atoms with E-state index in [0.29, 0.717) is 12.1 Å². The zero-order chi connectivity index (χ0) is 13.5. The lowest BCUT2D eigenvalue weighted by Crippen LogP contribution is -2.35. The van der Waals surface area contributed by atoms with Crippen molar-refractivity contribution in [1.29, 1.82) is 0 Å². The summed E-state index contributed by atoms with van der Waals surface area (Å²) < 4.78 is 7.77. The molecule has 1 aliphatic heterocycles. The van der Waals surface area contributed by atoms with Crippen LogP contribution in [0.2, 0.25) is 0 Å². The Morgan fingerprint density at radius 1 is 1.53 bits per heavy atom. The molecule has 1 aromatic rings. The first-order valence-electron chi connectivity index (χ1n) is 7.55. The first-order chi connectivity index (χ1) is 9.33. The van der Waals surface area contributed by atoms with E-state index in [9.17, 15) is 0 Å². The van der Waals surface area contributed by atoms with Crippen molar-refractivity contribution in [1.82, 2.24) is 20.1 Å². The Labute approximate surface area is 115 Å². The van der Waals surface area contributed by atoms with E-state index in [1.165, 1.54) is 12.8 Å². The van der Waals surface area contributed by atoms with Gasteiger partial charge in [-0.05, 0) is 32.2 Å². The highest BCUT2D eigenvalue weighted by atomic mass is 16.5. The first kappa shape index (κ1) is 14.5. The maximum Gasteiger partial charge on any atom is 0.138 e. The van der Waals surface area contributed by atoms with Gasteiger partial charge in [0.1, 0.15) is 12.2 Å². The van der Waals surface area contributed by atoms with Crippen LogP contribution < -0.4 is 5.32 Å². The van der Waals surface area contributed by atoms with Crippen LogP contribution in [0.5, 0.6) is 0 Å². The molecule has 0 bridgehead atoms. The average molecular weight is 266 g/mol. The SMILES string of the molecule is CCCn1ncnc1CC(CC1CCCO1)NCC. The van der Waals surface area contributed by atoms with Crippen LogP contribution in [0, 0.1) is 0 Å². The number of aromatic nitrogens is 3. The highest BCUT2D eigenvalue weighted by Gasteiger charge is 2.21. The van der Waals surface area contributed by atoms with Crippen LogP contribution in [-0.4, -0.2) is 40.1 Å². The molecule has 0 saturated carbocycles. The van der Waals surface area contributed by atoms with Crippen molar-refractivity contribution in [2.24, 2.45) is 0 Å². The van der Waals surface area contributed by atoms with E-state index in [1.54, 1.807) is 6.33 Å². The zero-order valence-electron chi connectivity index (χ0n) is 12.1. The van der Waals surface area contributed by atoms with Gasteiger partial charge in [0, 0.05) is 25.6 Å². The largest absolute Gasteiger partial charge is 0.378 e. The minimum absolute atomic E-state index is 0.423. The van der Waals surface area contributed by atoms with Gasteiger partial charge in [-0.1, -0.05) is 13.8 Å². The van der Waals surface area contributed by atoms with Gasteiger partial charge in [0.25, 0.3) is 0 Å². The van der Waals surface area contributed by atoms with Gasteiger partial charge in [0.05, 0.1) is 6.10 Å². The zero-order valence-corrected chi connectivity index (χ0v) is 12.1. The molecule has 1 N–H and O–H groups in total. The van der Waals surface area contributed by atoms with Gasteiger partial charge in [0.15, 0.2) is 0 Å². The molecule has 1 aliphatic rings.